The Kier molecular flexibility index (Phi) is 6.78. The van der Waals surface area contributed by atoms with Crippen molar-refractivity contribution in [2.45, 2.75) is 0 Å². The van der Waals surface area contributed by atoms with Gasteiger partial charge in [-0.15, -0.1) is 0 Å². The molecular weight excluding hydrogens is 623 g/mol. The van der Waals surface area contributed by atoms with Gasteiger partial charge in [-0.25, -0.2) is 15.0 Å². The zero-order valence-electron chi connectivity index (χ0n) is 27.5. The van der Waals surface area contributed by atoms with Gasteiger partial charge in [-0.3, -0.25) is 0 Å². The number of furan rings is 1. The van der Waals surface area contributed by atoms with Gasteiger partial charge in [0.15, 0.2) is 17.5 Å². The Morgan fingerprint density at radius 1 is 0.314 bits per heavy atom. The van der Waals surface area contributed by atoms with Crippen molar-refractivity contribution in [3.63, 3.8) is 0 Å². The van der Waals surface area contributed by atoms with E-state index in [0.717, 1.165) is 71.7 Å². The smallest absolute Gasteiger partial charge is 0.164 e. The van der Waals surface area contributed by atoms with Crippen LogP contribution < -0.4 is 0 Å². The highest BCUT2D eigenvalue weighted by molar-refractivity contribution is 6.16. The SMILES string of the molecule is c1ccc(-c2ccc(-c3nc(-c4ccc5ccccc5c4)nc(-c4cc(-c5ccccc5)c5c(c4)oc4cc6ccccc6cc45)n3)cc2)cc1. The summed E-state index contributed by atoms with van der Waals surface area (Å²) >= 11 is 0. The monoisotopic (exact) mass is 651 g/mol. The van der Waals surface area contributed by atoms with E-state index in [9.17, 15) is 0 Å². The molecule has 0 N–H and O–H groups in total. The quantitative estimate of drug-likeness (QED) is 0.186. The molecule has 51 heavy (non-hydrogen) atoms. The van der Waals surface area contributed by atoms with E-state index in [1.165, 1.54) is 10.8 Å². The molecule has 0 aliphatic heterocycles. The van der Waals surface area contributed by atoms with Gasteiger partial charge in [-0.05, 0) is 74.1 Å². The van der Waals surface area contributed by atoms with Crippen LogP contribution in [0.4, 0.5) is 0 Å². The van der Waals surface area contributed by atoms with Crippen LogP contribution in [0.2, 0.25) is 0 Å². The van der Waals surface area contributed by atoms with Gasteiger partial charge in [-0.2, -0.15) is 0 Å². The molecule has 8 aromatic carbocycles. The molecule has 0 aliphatic carbocycles. The number of aromatic nitrogens is 3. The topological polar surface area (TPSA) is 51.8 Å². The molecule has 0 unspecified atom stereocenters. The van der Waals surface area contributed by atoms with Crippen LogP contribution in [-0.4, -0.2) is 15.0 Å². The number of benzene rings is 8. The first kappa shape index (κ1) is 29.0. The lowest BCUT2D eigenvalue weighted by Crippen LogP contribution is -2.00. The van der Waals surface area contributed by atoms with E-state index in [0.29, 0.717) is 17.5 Å². The van der Waals surface area contributed by atoms with Crippen molar-refractivity contribution in [2.75, 3.05) is 0 Å². The van der Waals surface area contributed by atoms with Crippen LogP contribution in [-0.2, 0) is 0 Å². The minimum Gasteiger partial charge on any atom is -0.456 e. The summed E-state index contributed by atoms with van der Waals surface area (Å²) in [5, 5.41) is 6.78. The van der Waals surface area contributed by atoms with Crippen molar-refractivity contribution in [1.82, 2.24) is 15.0 Å². The highest BCUT2D eigenvalue weighted by Crippen LogP contribution is 2.41. The highest BCUT2D eigenvalue weighted by Gasteiger charge is 2.19. The standard InChI is InChI=1S/C47H29N3O/c1-3-11-30(12-4-1)32-19-22-34(23-20-32)45-48-46(38-24-21-31-13-7-8-16-35(31)25-38)50-47(49-45)39-27-40(33-14-5-2-6-15-33)44-41-26-36-17-9-10-18-37(36)28-42(41)51-43(44)29-39/h1-29H. The second kappa shape index (κ2) is 11.9. The molecule has 4 heteroatoms. The summed E-state index contributed by atoms with van der Waals surface area (Å²) in [6, 6.07) is 61.1. The molecule has 0 aliphatic rings. The molecule has 4 nitrogen and oxygen atoms in total. The molecule has 10 rings (SSSR count). The van der Waals surface area contributed by atoms with Crippen LogP contribution in [0, 0.1) is 0 Å². The first-order valence-electron chi connectivity index (χ1n) is 17.1. The van der Waals surface area contributed by atoms with E-state index in [1.54, 1.807) is 0 Å². The number of rotatable bonds is 5. The van der Waals surface area contributed by atoms with Gasteiger partial charge in [-0.1, -0.05) is 146 Å². The molecule has 0 atom stereocenters. The molecule has 0 bridgehead atoms. The van der Waals surface area contributed by atoms with Gasteiger partial charge in [0.05, 0.1) is 0 Å². The number of hydrogen-bond donors (Lipinski definition) is 0. The second-order valence-electron chi connectivity index (χ2n) is 12.9. The Morgan fingerprint density at radius 2 is 0.824 bits per heavy atom. The van der Waals surface area contributed by atoms with E-state index in [4.69, 9.17) is 19.4 Å². The normalized spacial score (nSPS) is 11.5. The van der Waals surface area contributed by atoms with E-state index in [1.807, 2.05) is 12.1 Å². The Hall–Kier alpha value is -6.91. The van der Waals surface area contributed by atoms with E-state index in [-0.39, 0.29) is 0 Å². The van der Waals surface area contributed by atoms with E-state index >= 15 is 0 Å². The summed E-state index contributed by atoms with van der Waals surface area (Å²) < 4.78 is 6.65. The van der Waals surface area contributed by atoms with Crippen molar-refractivity contribution in [3.8, 4) is 56.4 Å². The zero-order valence-corrected chi connectivity index (χ0v) is 27.5. The fourth-order valence-electron chi connectivity index (χ4n) is 7.10. The van der Waals surface area contributed by atoms with Crippen molar-refractivity contribution >= 4 is 43.5 Å². The Labute approximate surface area is 294 Å². The Morgan fingerprint density at radius 3 is 1.53 bits per heavy atom. The van der Waals surface area contributed by atoms with Gasteiger partial charge >= 0.3 is 0 Å². The first-order valence-corrected chi connectivity index (χ1v) is 17.1. The van der Waals surface area contributed by atoms with Crippen LogP contribution in [0.15, 0.2) is 180 Å². The third-order valence-electron chi connectivity index (χ3n) is 9.68. The van der Waals surface area contributed by atoms with Crippen LogP contribution in [0.3, 0.4) is 0 Å². The summed E-state index contributed by atoms with van der Waals surface area (Å²) in [7, 11) is 0. The van der Waals surface area contributed by atoms with Crippen LogP contribution in [0.5, 0.6) is 0 Å². The Balaban J connectivity index is 1.20. The summed E-state index contributed by atoms with van der Waals surface area (Å²) in [5.74, 6) is 1.81. The number of hydrogen-bond acceptors (Lipinski definition) is 4. The largest absolute Gasteiger partial charge is 0.456 e. The third kappa shape index (κ3) is 5.22. The molecule has 238 valence electrons. The fraction of sp³-hybridized carbons (Fsp3) is 0. The van der Waals surface area contributed by atoms with E-state index < -0.39 is 0 Å². The van der Waals surface area contributed by atoms with Crippen LogP contribution in [0.1, 0.15) is 0 Å². The van der Waals surface area contributed by atoms with Gasteiger partial charge in [0.25, 0.3) is 0 Å². The minimum atomic E-state index is 0.583. The molecule has 0 fully saturated rings. The average molecular weight is 652 g/mol. The molecule has 0 spiro atoms. The lowest BCUT2D eigenvalue weighted by molar-refractivity contribution is 0.669. The minimum absolute atomic E-state index is 0.583. The predicted molar refractivity (Wildman–Crippen MR) is 209 cm³/mol. The van der Waals surface area contributed by atoms with Crippen molar-refractivity contribution in [3.05, 3.63) is 176 Å². The first-order chi connectivity index (χ1) is 25.2. The van der Waals surface area contributed by atoms with Crippen molar-refractivity contribution in [1.29, 1.82) is 0 Å². The van der Waals surface area contributed by atoms with Gasteiger partial charge in [0, 0.05) is 27.5 Å². The molecule has 2 heterocycles. The lowest BCUT2D eigenvalue weighted by atomic mass is 9.96. The van der Waals surface area contributed by atoms with E-state index in [2.05, 4.69) is 164 Å². The lowest BCUT2D eigenvalue weighted by Gasteiger charge is -2.11. The van der Waals surface area contributed by atoms with Gasteiger partial charge in [0.1, 0.15) is 11.2 Å². The maximum absolute atomic E-state index is 6.65. The predicted octanol–water partition coefficient (Wildman–Crippen LogP) is 12.4. The molecule has 10 aromatic rings. The van der Waals surface area contributed by atoms with Gasteiger partial charge < -0.3 is 4.42 Å². The third-order valence-corrected chi connectivity index (χ3v) is 9.68. The summed E-state index contributed by atoms with van der Waals surface area (Å²) in [4.78, 5) is 15.4. The highest BCUT2D eigenvalue weighted by atomic mass is 16.3. The molecule has 0 saturated carbocycles. The number of fused-ring (bicyclic) bond motifs is 5. The molecule has 0 amide bonds. The molecular formula is C47H29N3O. The van der Waals surface area contributed by atoms with Gasteiger partial charge in [0.2, 0.25) is 0 Å². The summed E-state index contributed by atoms with van der Waals surface area (Å²) in [6.45, 7) is 0. The maximum Gasteiger partial charge on any atom is 0.164 e. The number of nitrogens with zero attached hydrogens (tertiary/aromatic N) is 3. The molecule has 0 saturated heterocycles. The molecule has 2 aromatic heterocycles. The van der Waals surface area contributed by atoms with Crippen LogP contribution in [0.25, 0.3) is 99.9 Å². The average Bonchev–Trinajstić information content (AvgIpc) is 3.57. The summed E-state index contributed by atoms with van der Waals surface area (Å²) in [6.07, 6.45) is 0. The summed E-state index contributed by atoms with van der Waals surface area (Å²) in [5.41, 5.74) is 8.81. The Bertz CT molecular complexity index is 2900. The van der Waals surface area contributed by atoms with Crippen molar-refractivity contribution < 1.29 is 4.42 Å². The fourth-order valence-corrected chi connectivity index (χ4v) is 7.10. The molecule has 0 radical (unpaired) electrons. The zero-order chi connectivity index (χ0) is 33.7. The van der Waals surface area contributed by atoms with Crippen molar-refractivity contribution in [2.24, 2.45) is 0 Å². The second-order valence-corrected chi connectivity index (χ2v) is 12.9. The van der Waals surface area contributed by atoms with Crippen LogP contribution >= 0.6 is 0 Å². The maximum atomic E-state index is 6.65.